The van der Waals surface area contributed by atoms with E-state index >= 15 is 0 Å². The van der Waals surface area contributed by atoms with Crippen molar-refractivity contribution < 1.29 is 17.6 Å². The van der Waals surface area contributed by atoms with Crippen LogP contribution in [0.1, 0.15) is 36.1 Å². The van der Waals surface area contributed by atoms with E-state index in [0.717, 1.165) is 13.0 Å². The van der Waals surface area contributed by atoms with E-state index in [1.165, 1.54) is 12.1 Å². The highest BCUT2D eigenvalue weighted by atomic mass is 32.2. The molecule has 1 aromatic heterocycles. The maximum atomic E-state index is 12.5. The van der Waals surface area contributed by atoms with Crippen molar-refractivity contribution in [1.82, 2.24) is 4.90 Å². The van der Waals surface area contributed by atoms with E-state index in [-0.39, 0.29) is 10.7 Å². The lowest BCUT2D eigenvalue weighted by Gasteiger charge is -2.11. The van der Waals surface area contributed by atoms with E-state index in [0.29, 0.717) is 30.1 Å². The molecule has 1 aliphatic rings. The van der Waals surface area contributed by atoms with Crippen molar-refractivity contribution in [2.75, 3.05) is 18.9 Å². The van der Waals surface area contributed by atoms with Gasteiger partial charge in [-0.2, -0.15) is 8.42 Å². The molecule has 0 aliphatic carbocycles. The van der Waals surface area contributed by atoms with Gasteiger partial charge in [0.05, 0.1) is 4.90 Å². The number of furan rings is 1. The van der Waals surface area contributed by atoms with E-state index in [9.17, 15) is 13.2 Å². The SMILES string of the molecule is CCc1ccc(C(=O)Nc2cccc(S(=O)(=O)/N=C3/CCCN3C)c2)o1. The Morgan fingerprint density at radius 2 is 2.12 bits per heavy atom. The molecule has 1 fully saturated rings. The quantitative estimate of drug-likeness (QED) is 0.867. The van der Waals surface area contributed by atoms with Gasteiger partial charge in [-0.05, 0) is 36.8 Å². The monoisotopic (exact) mass is 375 g/mol. The number of amides is 1. The predicted molar refractivity (Wildman–Crippen MR) is 99.0 cm³/mol. The van der Waals surface area contributed by atoms with Gasteiger partial charge < -0.3 is 14.6 Å². The van der Waals surface area contributed by atoms with Gasteiger partial charge >= 0.3 is 0 Å². The van der Waals surface area contributed by atoms with E-state index in [1.54, 1.807) is 24.3 Å². The molecule has 0 spiro atoms. The van der Waals surface area contributed by atoms with E-state index in [2.05, 4.69) is 9.71 Å². The van der Waals surface area contributed by atoms with E-state index in [1.807, 2.05) is 18.9 Å². The molecular weight excluding hydrogens is 354 g/mol. The number of anilines is 1. The third-order valence-electron chi connectivity index (χ3n) is 4.18. The zero-order valence-electron chi connectivity index (χ0n) is 14.7. The van der Waals surface area contributed by atoms with Crippen LogP contribution in [0.15, 0.2) is 50.1 Å². The summed E-state index contributed by atoms with van der Waals surface area (Å²) in [7, 11) is -2.00. The Labute approximate surface area is 152 Å². The summed E-state index contributed by atoms with van der Waals surface area (Å²) in [5.74, 6) is 1.02. The molecule has 3 rings (SSSR count). The fourth-order valence-corrected chi connectivity index (χ4v) is 3.86. The molecule has 2 heterocycles. The molecule has 1 amide bonds. The lowest BCUT2D eigenvalue weighted by molar-refractivity contribution is 0.0995. The Bertz CT molecular complexity index is 947. The van der Waals surface area contributed by atoms with Crippen LogP contribution in [0.5, 0.6) is 0 Å². The number of amidine groups is 1. The fraction of sp³-hybridized carbons (Fsp3) is 0.333. The summed E-state index contributed by atoms with van der Waals surface area (Å²) in [5, 5.41) is 2.65. The molecule has 2 aromatic rings. The smallest absolute Gasteiger partial charge is 0.291 e. The number of sulfonamides is 1. The number of nitrogens with one attached hydrogen (secondary N) is 1. The molecule has 1 saturated heterocycles. The predicted octanol–water partition coefficient (Wildman–Crippen LogP) is 2.91. The van der Waals surface area contributed by atoms with Crippen LogP contribution in [0.3, 0.4) is 0 Å². The number of nitrogens with zero attached hydrogens (tertiary/aromatic N) is 2. The minimum atomic E-state index is -3.83. The number of carbonyl (C=O) groups excluding carboxylic acids is 1. The highest BCUT2D eigenvalue weighted by Crippen LogP contribution is 2.21. The first-order chi connectivity index (χ1) is 12.4. The first kappa shape index (κ1) is 18.2. The lowest BCUT2D eigenvalue weighted by Crippen LogP contribution is -2.20. The van der Waals surface area contributed by atoms with Gasteiger partial charge in [0.15, 0.2) is 5.76 Å². The Hall–Kier alpha value is -2.61. The van der Waals surface area contributed by atoms with Crippen LogP contribution in [0.4, 0.5) is 5.69 Å². The standard InChI is InChI=1S/C18H21N3O4S/c1-3-14-9-10-16(25-14)18(22)19-13-6-4-7-15(12-13)26(23,24)20-17-8-5-11-21(17)2/h4,6-7,9-10,12H,3,5,8,11H2,1-2H3,(H,19,22)/b20-17-. The highest BCUT2D eigenvalue weighted by Gasteiger charge is 2.21. The summed E-state index contributed by atoms with van der Waals surface area (Å²) >= 11 is 0. The average molecular weight is 375 g/mol. The first-order valence-corrected chi connectivity index (χ1v) is 9.88. The van der Waals surface area contributed by atoms with Gasteiger partial charge in [0.1, 0.15) is 11.6 Å². The third kappa shape index (κ3) is 3.96. The van der Waals surface area contributed by atoms with Crippen molar-refractivity contribution in [2.45, 2.75) is 31.1 Å². The molecule has 8 heteroatoms. The summed E-state index contributed by atoms with van der Waals surface area (Å²) in [6, 6.07) is 9.39. The molecule has 1 aromatic carbocycles. The van der Waals surface area contributed by atoms with Gasteiger partial charge in [-0.3, -0.25) is 4.79 Å². The van der Waals surface area contributed by atoms with Crippen molar-refractivity contribution in [2.24, 2.45) is 4.40 Å². The van der Waals surface area contributed by atoms with Crippen LogP contribution in [-0.2, 0) is 16.4 Å². The Kier molecular flexibility index (Phi) is 5.13. The molecule has 0 saturated carbocycles. The molecule has 7 nitrogen and oxygen atoms in total. The van der Waals surface area contributed by atoms with Crippen molar-refractivity contribution in [1.29, 1.82) is 0 Å². The second kappa shape index (κ2) is 7.33. The fourth-order valence-electron chi connectivity index (χ4n) is 2.72. The molecule has 1 aliphatic heterocycles. The number of hydrogen-bond donors (Lipinski definition) is 1. The van der Waals surface area contributed by atoms with Crippen LogP contribution >= 0.6 is 0 Å². The Morgan fingerprint density at radius 1 is 1.31 bits per heavy atom. The van der Waals surface area contributed by atoms with Gasteiger partial charge in [0.25, 0.3) is 15.9 Å². The van der Waals surface area contributed by atoms with E-state index in [4.69, 9.17) is 4.42 Å². The highest BCUT2D eigenvalue weighted by molar-refractivity contribution is 7.90. The summed E-state index contributed by atoms with van der Waals surface area (Å²) in [5.41, 5.74) is 0.366. The maximum Gasteiger partial charge on any atom is 0.291 e. The number of rotatable bonds is 5. The maximum absolute atomic E-state index is 12.5. The first-order valence-electron chi connectivity index (χ1n) is 8.44. The summed E-state index contributed by atoms with van der Waals surface area (Å²) in [4.78, 5) is 14.1. The second-order valence-electron chi connectivity index (χ2n) is 6.11. The van der Waals surface area contributed by atoms with Crippen LogP contribution in [0.25, 0.3) is 0 Å². The third-order valence-corrected chi connectivity index (χ3v) is 5.48. The number of hydrogen-bond acceptors (Lipinski definition) is 4. The van der Waals surface area contributed by atoms with Crippen molar-refractivity contribution in [3.8, 4) is 0 Å². The minimum Gasteiger partial charge on any atom is -0.456 e. The van der Waals surface area contributed by atoms with Crippen LogP contribution in [-0.4, -0.2) is 38.7 Å². The zero-order chi connectivity index (χ0) is 18.7. The second-order valence-corrected chi connectivity index (χ2v) is 7.71. The van der Waals surface area contributed by atoms with Gasteiger partial charge in [0.2, 0.25) is 0 Å². The van der Waals surface area contributed by atoms with Crippen LogP contribution < -0.4 is 5.32 Å². The van der Waals surface area contributed by atoms with Gasteiger partial charge in [-0.15, -0.1) is 4.40 Å². The van der Waals surface area contributed by atoms with Gasteiger partial charge in [-0.1, -0.05) is 13.0 Å². The summed E-state index contributed by atoms with van der Waals surface area (Å²) < 4.78 is 34.4. The molecule has 0 unspecified atom stereocenters. The summed E-state index contributed by atoms with van der Waals surface area (Å²) in [6.07, 6.45) is 2.23. The average Bonchev–Trinajstić information content (AvgIpc) is 3.24. The zero-order valence-corrected chi connectivity index (χ0v) is 15.5. The minimum absolute atomic E-state index is 0.0387. The molecule has 138 valence electrons. The topological polar surface area (TPSA) is 92.0 Å². The molecular formula is C18H21N3O4S. The largest absolute Gasteiger partial charge is 0.456 e. The normalized spacial score (nSPS) is 16.2. The number of aryl methyl sites for hydroxylation is 1. The lowest BCUT2D eigenvalue weighted by atomic mass is 10.3. The number of benzene rings is 1. The molecule has 0 atom stereocenters. The van der Waals surface area contributed by atoms with Crippen LogP contribution in [0, 0.1) is 0 Å². The van der Waals surface area contributed by atoms with Gasteiger partial charge in [-0.25, -0.2) is 0 Å². The molecule has 0 bridgehead atoms. The van der Waals surface area contributed by atoms with Gasteiger partial charge in [0, 0.05) is 32.1 Å². The molecule has 26 heavy (non-hydrogen) atoms. The van der Waals surface area contributed by atoms with Crippen molar-refractivity contribution in [3.63, 3.8) is 0 Å². The molecule has 1 N–H and O–H groups in total. The Morgan fingerprint density at radius 3 is 2.77 bits per heavy atom. The van der Waals surface area contributed by atoms with E-state index < -0.39 is 15.9 Å². The number of likely N-dealkylation sites (tertiary alicyclic amines) is 1. The van der Waals surface area contributed by atoms with Crippen molar-refractivity contribution in [3.05, 3.63) is 47.9 Å². The number of carbonyl (C=O) groups is 1. The van der Waals surface area contributed by atoms with Crippen LogP contribution in [0.2, 0.25) is 0 Å². The summed E-state index contributed by atoms with van der Waals surface area (Å²) in [6.45, 7) is 2.73. The Balaban J connectivity index is 1.80. The molecule has 0 radical (unpaired) electrons. The van der Waals surface area contributed by atoms with Crippen molar-refractivity contribution >= 4 is 27.5 Å².